The topological polar surface area (TPSA) is 26.3 Å². The van der Waals surface area contributed by atoms with E-state index in [0.717, 1.165) is 24.8 Å². The minimum atomic E-state index is 0.325. The van der Waals surface area contributed by atoms with Crippen LogP contribution in [0.15, 0.2) is 43.7 Å². The highest BCUT2D eigenvalue weighted by Crippen LogP contribution is 2.09. The van der Waals surface area contributed by atoms with Gasteiger partial charge in [0, 0.05) is 12.8 Å². The Labute approximate surface area is 115 Å². The molecule has 1 aromatic carbocycles. The van der Waals surface area contributed by atoms with E-state index in [2.05, 4.69) is 25.3 Å². The maximum atomic E-state index is 11.7. The third-order valence-electron chi connectivity index (χ3n) is 2.99. The first-order valence-electron chi connectivity index (χ1n) is 6.72. The predicted octanol–water partition coefficient (Wildman–Crippen LogP) is 4.16. The van der Waals surface area contributed by atoms with Crippen molar-refractivity contribution in [1.29, 1.82) is 0 Å². The Morgan fingerprint density at radius 2 is 1.84 bits per heavy atom. The molecule has 0 unspecified atom stereocenters. The van der Waals surface area contributed by atoms with E-state index in [0.29, 0.717) is 25.2 Å². The van der Waals surface area contributed by atoms with Gasteiger partial charge < -0.3 is 4.74 Å². The van der Waals surface area contributed by atoms with Crippen molar-refractivity contribution in [3.63, 3.8) is 0 Å². The van der Waals surface area contributed by atoms with Gasteiger partial charge in [0.15, 0.2) is 0 Å². The molecule has 0 aliphatic rings. The molecule has 0 radical (unpaired) electrons. The zero-order chi connectivity index (χ0) is 13.9. The average Bonchev–Trinajstić information content (AvgIpc) is 2.45. The van der Waals surface area contributed by atoms with Crippen LogP contribution in [-0.4, -0.2) is 12.4 Å². The fourth-order valence-electron chi connectivity index (χ4n) is 1.82. The summed E-state index contributed by atoms with van der Waals surface area (Å²) >= 11 is 0. The van der Waals surface area contributed by atoms with Crippen molar-refractivity contribution in [1.82, 2.24) is 0 Å². The highest BCUT2D eigenvalue weighted by Gasteiger charge is 2.02. The molecule has 0 aromatic heterocycles. The van der Waals surface area contributed by atoms with Crippen molar-refractivity contribution < 1.29 is 9.53 Å². The Balaban J connectivity index is 2.18. The highest BCUT2D eigenvalue weighted by molar-refractivity contribution is 5.78. The second-order valence-corrected chi connectivity index (χ2v) is 4.48. The molecule has 0 saturated carbocycles. The largest absolute Gasteiger partial charge is 0.502 e. The molecule has 0 amide bonds. The van der Waals surface area contributed by atoms with E-state index in [4.69, 9.17) is 4.74 Å². The molecule has 0 fully saturated rings. The van der Waals surface area contributed by atoms with E-state index in [9.17, 15) is 4.79 Å². The van der Waals surface area contributed by atoms with Crippen molar-refractivity contribution >= 4 is 11.9 Å². The van der Waals surface area contributed by atoms with Gasteiger partial charge in [0.05, 0.1) is 12.9 Å². The van der Waals surface area contributed by atoms with Crippen LogP contribution < -0.4 is 0 Å². The molecule has 1 rings (SSSR count). The number of unbranched alkanes of at least 4 members (excludes halogenated alkanes) is 1. The summed E-state index contributed by atoms with van der Waals surface area (Å²) in [5.41, 5.74) is 2.31. The van der Waals surface area contributed by atoms with Crippen LogP contribution in [0, 0.1) is 0 Å². The molecule has 2 nitrogen and oxygen atoms in total. The van der Waals surface area contributed by atoms with Gasteiger partial charge in [0.1, 0.15) is 5.78 Å². The van der Waals surface area contributed by atoms with Crippen LogP contribution in [0.5, 0.6) is 0 Å². The van der Waals surface area contributed by atoms with Gasteiger partial charge in [-0.2, -0.15) is 0 Å². The minimum Gasteiger partial charge on any atom is -0.502 e. The molecule has 0 spiro atoms. The van der Waals surface area contributed by atoms with Gasteiger partial charge in [-0.05, 0) is 30.4 Å². The summed E-state index contributed by atoms with van der Waals surface area (Å²) in [6.45, 7) is 7.85. The second kappa shape index (κ2) is 9.15. The fraction of sp³-hybridized carbons (Fsp3) is 0.353. The Morgan fingerprint density at radius 1 is 1.11 bits per heavy atom. The standard InChI is InChI=1S/C17H22O2/c1-3-15-8-10-16(11-9-15)12-13-17(18)7-5-6-14-19-4-2/h3-4,8-11H,1-2,5-7,12-14H2. The normalized spacial score (nSPS) is 9.89. The SMILES string of the molecule is C=COCCCCC(=O)CCc1ccc(C=C)cc1. The van der Waals surface area contributed by atoms with E-state index >= 15 is 0 Å². The first-order chi connectivity index (χ1) is 9.26. The monoisotopic (exact) mass is 258 g/mol. The van der Waals surface area contributed by atoms with Gasteiger partial charge in [0.2, 0.25) is 0 Å². The number of benzene rings is 1. The number of rotatable bonds is 10. The Bertz CT molecular complexity index is 404. The lowest BCUT2D eigenvalue weighted by atomic mass is 10.0. The van der Waals surface area contributed by atoms with Gasteiger partial charge in [-0.1, -0.05) is 43.5 Å². The lowest BCUT2D eigenvalue weighted by molar-refractivity contribution is -0.119. The predicted molar refractivity (Wildman–Crippen MR) is 79.9 cm³/mol. The number of carbonyl (C=O) groups excluding carboxylic acids is 1. The summed E-state index contributed by atoms with van der Waals surface area (Å²) in [4.78, 5) is 11.7. The summed E-state index contributed by atoms with van der Waals surface area (Å²) in [6, 6.07) is 8.17. The zero-order valence-corrected chi connectivity index (χ0v) is 11.4. The number of hydrogen-bond acceptors (Lipinski definition) is 2. The van der Waals surface area contributed by atoms with Crippen molar-refractivity contribution in [3.05, 3.63) is 54.8 Å². The van der Waals surface area contributed by atoms with Crippen LogP contribution in [-0.2, 0) is 16.0 Å². The number of carbonyl (C=O) groups is 1. The van der Waals surface area contributed by atoms with Gasteiger partial charge >= 0.3 is 0 Å². The fourth-order valence-corrected chi connectivity index (χ4v) is 1.82. The lowest BCUT2D eigenvalue weighted by Crippen LogP contribution is -2.01. The molecule has 0 saturated heterocycles. The molecule has 0 bridgehead atoms. The lowest BCUT2D eigenvalue weighted by Gasteiger charge is -2.03. The molecular weight excluding hydrogens is 236 g/mol. The Hall–Kier alpha value is -1.83. The number of Topliss-reactive ketones (excluding diaryl/α,β-unsaturated/α-hetero) is 1. The van der Waals surface area contributed by atoms with Gasteiger partial charge in [-0.15, -0.1) is 0 Å². The van der Waals surface area contributed by atoms with Crippen LogP contribution in [0.2, 0.25) is 0 Å². The maximum absolute atomic E-state index is 11.7. The van der Waals surface area contributed by atoms with E-state index in [1.54, 1.807) is 0 Å². The molecule has 0 aliphatic heterocycles. The molecule has 0 atom stereocenters. The average molecular weight is 258 g/mol. The van der Waals surface area contributed by atoms with Crippen LogP contribution in [0.25, 0.3) is 6.08 Å². The third kappa shape index (κ3) is 6.61. The van der Waals surface area contributed by atoms with Gasteiger partial charge in [0.25, 0.3) is 0 Å². The van der Waals surface area contributed by atoms with Crippen molar-refractivity contribution in [2.24, 2.45) is 0 Å². The maximum Gasteiger partial charge on any atom is 0.133 e. The number of aryl methyl sites for hydroxylation is 1. The number of ether oxygens (including phenoxy) is 1. The minimum absolute atomic E-state index is 0.325. The third-order valence-corrected chi connectivity index (χ3v) is 2.99. The first kappa shape index (κ1) is 15.2. The van der Waals surface area contributed by atoms with Crippen LogP contribution >= 0.6 is 0 Å². The van der Waals surface area contributed by atoms with Crippen molar-refractivity contribution in [2.45, 2.75) is 32.1 Å². The summed E-state index contributed by atoms with van der Waals surface area (Å²) in [6.07, 6.45) is 7.14. The molecular formula is C17H22O2. The Morgan fingerprint density at radius 3 is 2.47 bits per heavy atom. The van der Waals surface area contributed by atoms with E-state index < -0.39 is 0 Å². The van der Waals surface area contributed by atoms with Crippen LogP contribution in [0.1, 0.15) is 36.8 Å². The molecule has 2 heteroatoms. The summed E-state index contributed by atoms with van der Waals surface area (Å²) in [5, 5.41) is 0. The van der Waals surface area contributed by atoms with Gasteiger partial charge in [-0.3, -0.25) is 4.79 Å². The van der Waals surface area contributed by atoms with Gasteiger partial charge in [-0.25, -0.2) is 0 Å². The Kier molecular flexibility index (Phi) is 7.33. The van der Waals surface area contributed by atoms with E-state index in [-0.39, 0.29) is 0 Å². The molecule has 19 heavy (non-hydrogen) atoms. The zero-order valence-electron chi connectivity index (χ0n) is 11.4. The number of hydrogen-bond donors (Lipinski definition) is 0. The van der Waals surface area contributed by atoms with E-state index in [1.807, 2.05) is 18.2 Å². The summed E-state index contributed by atoms with van der Waals surface area (Å²) in [5.74, 6) is 0.325. The molecule has 0 aliphatic carbocycles. The first-order valence-corrected chi connectivity index (χ1v) is 6.72. The quantitative estimate of drug-likeness (QED) is 0.465. The molecule has 102 valence electrons. The summed E-state index contributed by atoms with van der Waals surface area (Å²) < 4.78 is 5.01. The van der Waals surface area contributed by atoms with E-state index in [1.165, 1.54) is 11.8 Å². The molecule has 0 heterocycles. The number of ketones is 1. The molecule has 1 aromatic rings. The van der Waals surface area contributed by atoms with Crippen molar-refractivity contribution in [2.75, 3.05) is 6.61 Å². The molecule has 0 N–H and O–H groups in total. The summed E-state index contributed by atoms with van der Waals surface area (Å²) in [7, 11) is 0. The van der Waals surface area contributed by atoms with Crippen LogP contribution in [0.3, 0.4) is 0 Å². The second-order valence-electron chi connectivity index (χ2n) is 4.48. The van der Waals surface area contributed by atoms with Crippen LogP contribution in [0.4, 0.5) is 0 Å². The highest BCUT2D eigenvalue weighted by atomic mass is 16.5. The smallest absolute Gasteiger partial charge is 0.133 e. The van der Waals surface area contributed by atoms with Crippen molar-refractivity contribution in [3.8, 4) is 0 Å².